The van der Waals surface area contributed by atoms with Crippen LogP contribution in [-0.2, 0) is 6.42 Å². The summed E-state index contributed by atoms with van der Waals surface area (Å²) in [7, 11) is 0. The third kappa shape index (κ3) is 3.49. The third-order valence-corrected chi connectivity index (χ3v) is 5.48. The van der Waals surface area contributed by atoms with Crippen molar-refractivity contribution in [3.8, 4) is 10.6 Å². The highest BCUT2D eigenvalue weighted by Crippen LogP contribution is 2.31. The number of nitrogens with zero attached hydrogens (tertiary/aromatic N) is 2. The van der Waals surface area contributed by atoms with E-state index in [1.165, 1.54) is 29.5 Å². The second-order valence-corrected chi connectivity index (χ2v) is 7.56. The Bertz CT molecular complexity index is 888. The average molecular weight is 367 g/mol. The lowest BCUT2D eigenvalue weighted by atomic mass is 10.1. The van der Waals surface area contributed by atoms with Crippen molar-refractivity contribution in [3.63, 3.8) is 0 Å². The lowest BCUT2D eigenvalue weighted by Crippen LogP contribution is -2.03. The number of carbonyl (C=O) groups excluding carboxylic acids is 1. The van der Waals surface area contributed by atoms with Crippen LogP contribution >= 0.6 is 34.3 Å². The van der Waals surface area contributed by atoms with E-state index in [2.05, 4.69) is 9.97 Å². The fraction of sp³-hybridized carbons (Fsp3) is 0.188. The molecule has 3 nitrogen and oxygen atoms in total. The lowest BCUT2D eigenvalue weighted by molar-refractivity contribution is 0.0993. The summed E-state index contributed by atoms with van der Waals surface area (Å²) in [5, 5.41) is 3.59. The van der Waals surface area contributed by atoms with Crippen LogP contribution in [0.15, 0.2) is 23.6 Å². The molecule has 3 aromatic rings. The molecule has 0 radical (unpaired) electrons. The summed E-state index contributed by atoms with van der Waals surface area (Å²) < 4.78 is 13.2. The highest BCUT2D eigenvalue weighted by atomic mass is 35.5. The molecule has 0 amide bonds. The first kappa shape index (κ1) is 16.2. The van der Waals surface area contributed by atoms with E-state index < -0.39 is 5.82 Å². The van der Waals surface area contributed by atoms with Crippen molar-refractivity contribution in [2.75, 3.05) is 0 Å². The highest BCUT2D eigenvalue weighted by Gasteiger charge is 2.15. The number of carbonyl (C=O) groups is 1. The minimum absolute atomic E-state index is 0.0496. The molecule has 0 spiro atoms. The number of rotatable bonds is 4. The predicted octanol–water partition coefficient (Wildman–Crippen LogP) is 5.10. The maximum absolute atomic E-state index is 13.2. The first-order chi connectivity index (χ1) is 10.9. The van der Waals surface area contributed by atoms with Gasteiger partial charge < -0.3 is 0 Å². The van der Waals surface area contributed by atoms with Gasteiger partial charge in [-0.15, -0.1) is 22.7 Å². The van der Waals surface area contributed by atoms with Gasteiger partial charge in [-0.3, -0.25) is 4.79 Å². The topological polar surface area (TPSA) is 42.9 Å². The number of benzene rings is 1. The van der Waals surface area contributed by atoms with Crippen LogP contribution in [0.2, 0.25) is 5.02 Å². The van der Waals surface area contributed by atoms with Crippen molar-refractivity contribution in [2.45, 2.75) is 20.3 Å². The van der Waals surface area contributed by atoms with Gasteiger partial charge in [0.15, 0.2) is 5.78 Å². The molecule has 0 aliphatic rings. The molecule has 0 atom stereocenters. The van der Waals surface area contributed by atoms with Crippen LogP contribution in [0, 0.1) is 19.7 Å². The number of halogens is 2. The van der Waals surface area contributed by atoms with E-state index in [4.69, 9.17) is 11.6 Å². The smallest absolute Gasteiger partial charge is 0.169 e. The summed E-state index contributed by atoms with van der Waals surface area (Å²) in [5.41, 5.74) is 2.18. The van der Waals surface area contributed by atoms with Crippen molar-refractivity contribution in [1.29, 1.82) is 0 Å². The molecule has 23 heavy (non-hydrogen) atoms. The van der Waals surface area contributed by atoms with Gasteiger partial charge in [0.1, 0.15) is 10.8 Å². The molecule has 0 fully saturated rings. The maximum Gasteiger partial charge on any atom is 0.169 e. The molecule has 0 saturated carbocycles. The molecular formula is C16H12ClFN2OS2. The summed E-state index contributed by atoms with van der Waals surface area (Å²) in [5.74, 6) is -0.666. The van der Waals surface area contributed by atoms with Crippen LogP contribution in [0.25, 0.3) is 10.6 Å². The van der Waals surface area contributed by atoms with E-state index in [9.17, 15) is 9.18 Å². The Morgan fingerprint density at radius 2 is 2.09 bits per heavy atom. The Balaban J connectivity index is 1.80. The van der Waals surface area contributed by atoms with E-state index in [-0.39, 0.29) is 17.2 Å². The van der Waals surface area contributed by atoms with E-state index in [1.54, 1.807) is 11.3 Å². The first-order valence-corrected chi connectivity index (χ1v) is 8.88. The molecule has 1 aromatic carbocycles. The van der Waals surface area contributed by atoms with Crippen molar-refractivity contribution in [2.24, 2.45) is 0 Å². The number of aryl methyl sites for hydroxylation is 2. The molecule has 0 aliphatic carbocycles. The summed E-state index contributed by atoms with van der Waals surface area (Å²) in [6.45, 7) is 3.90. The van der Waals surface area contributed by atoms with E-state index in [0.29, 0.717) is 5.56 Å². The number of aromatic nitrogens is 2. The van der Waals surface area contributed by atoms with Gasteiger partial charge in [0, 0.05) is 10.9 Å². The van der Waals surface area contributed by atoms with Crippen LogP contribution in [0.5, 0.6) is 0 Å². The fourth-order valence-electron chi connectivity index (χ4n) is 2.17. The standard InChI is InChI=1S/C16H12ClFN2OS2/c1-8-16(23-9(2)19-8)13-7-22-15(20-13)6-14(21)10-3-4-12(18)11(17)5-10/h3-5,7H,6H2,1-2H3. The van der Waals surface area contributed by atoms with E-state index >= 15 is 0 Å². The Morgan fingerprint density at radius 3 is 2.74 bits per heavy atom. The Kier molecular flexibility index (Phi) is 4.57. The second kappa shape index (κ2) is 6.47. The average Bonchev–Trinajstić information content (AvgIpc) is 3.08. The molecular weight excluding hydrogens is 355 g/mol. The van der Waals surface area contributed by atoms with E-state index in [1.807, 2.05) is 19.2 Å². The normalized spacial score (nSPS) is 11.0. The van der Waals surface area contributed by atoms with Crippen molar-refractivity contribution >= 4 is 40.1 Å². The van der Waals surface area contributed by atoms with Crippen LogP contribution in [0.3, 0.4) is 0 Å². The zero-order valence-electron chi connectivity index (χ0n) is 12.4. The minimum Gasteiger partial charge on any atom is -0.294 e. The third-order valence-electron chi connectivity index (χ3n) is 3.24. The molecule has 0 bridgehead atoms. The zero-order valence-corrected chi connectivity index (χ0v) is 14.8. The zero-order chi connectivity index (χ0) is 16.6. The number of thiazole rings is 2. The number of hydrogen-bond acceptors (Lipinski definition) is 5. The summed E-state index contributed by atoms with van der Waals surface area (Å²) >= 11 is 8.74. The number of hydrogen-bond donors (Lipinski definition) is 0. The monoisotopic (exact) mass is 366 g/mol. The van der Waals surface area contributed by atoms with Crippen LogP contribution in [0.4, 0.5) is 4.39 Å². The SMILES string of the molecule is Cc1nc(C)c(-c2csc(CC(=O)c3ccc(F)c(Cl)c3)n2)s1. The van der Waals surface area contributed by atoms with Crippen molar-refractivity contribution in [1.82, 2.24) is 9.97 Å². The van der Waals surface area contributed by atoms with Gasteiger partial charge in [0.05, 0.1) is 32.7 Å². The molecule has 2 aromatic heterocycles. The minimum atomic E-state index is -0.532. The molecule has 3 rings (SSSR count). The van der Waals surface area contributed by atoms with Gasteiger partial charge in [0.2, 0.25) is 0 Å². The van der Waals surface area contributed by atoms with Gasteiger partial charge in [0.25, 0.3) is 0 Å². The Morgan fingerprint density at radius 1 is 1.30 bits per heavy atom. The van der Waals surface area contributed by atoms with Crippen molar-refractivity contribution in [3.05, 3.63) is 55.7 Å². The molecule has 7 heteroatoms. The fourth-order valence-corrected chi connectivity index (χ4v) is 4.09. The lowest BCUT2D eigenvalue weighted by Gasteiger charge is -2.00. The Hall–Kier alpha value is -1.63. The molecule has 0 aliphatic heterocycles. The summed E-state index contributed by atoms with van der Waals surface area (Å²) in [4.78, 5) is 22.2. The molecule has 0 unspecified atom stereocenters. The predicted molar refractivity (Wildman–Crippen MR) is 92.1 cm³/mol. The summed E-state index contributed by atoms with van der Waals surface area (Å²) in [6.07, 6.45) is 0.170. The Labute approximate surface area is 145 Å². The van der Waals surface area contributed by atoms with Gasteiger partial charge in [-0.25, -0.2) is 14.4 Å². The van der Waals surface area contributed by atoms with Gasteiger partial charge >= 0.3 is 0 Å². The van der Waals surface area contributed by atoms with Gasteiger partial charge in [-0.2, -0.15) is 0 Å². The molecule has 0 saturated heterocycles. The quantitative estimate of drug-likeness (QED) is 0.603. The number of Topliss-reactive ketones (excluding diaryl/α,β-unsaturated/α-hetero) is 1. The van der Waals surface area contributed by atoms with Gasteiger partial charge in [-0.05, 0) is 32.0 Å². The van der Waals surface area contributed by atoms with E-state index in [0.717, 1.165) is 26.3 Å². The van der Waals surface area contributed by atoms with Gasteiger partial charge in [-0.1, -0.05) is 11.6 Å². The number of ketones is 1. The molecule has 118 valence electrons. The summed E-state index contributed by atoms with van der Waals surface area (Å²) in [6, 6.07) is 3.99. The molecule has 0 N–H and O–H groups in total. The largest absolute Gasteiger partial charge is 0.294 e. The van der Waals surface area contributed by atoms with Crippen LogP contribution in [0.1, 0.15) is 26.1 Å². The first-order valence-electron chi connectivity index (χ1n) is 6.81. The van der Waals surface area contributed by atoms with Crippen molar-refractivity contribution < 1.29 is 9.18 Å². The second-order valence-electron chi connectivity index (χ2n) is 5.00. The molecule has 2 heterocycles. The van der Waals surface area contributed by atoms with Crippen LogP contribution in [-0.4, -0.2) is 15.8 Å². The highest BCUT2D eigenvalue weighted by molar-refractivity contribution is 7.16. The van der Waals surface area contributed by atoms with Crippen LogP contribution < -0.4 is 0 Å². The maximum atomic E-state index is 13.2.